The summed E-state index contributed by atoms with van der Waals surface area (Å²) in [4.78, 5) is 1.26. The molecule has 0 heterocycles. The van der Waals surface area contributed by atoms with Crippen LogP contribution in [0.4, 0.5) is 5.69 Å². The minimum atomic E-state index is -4.54. The van der Waals surface area contributed by atoms with Crippen molar-refractivity contribution in [3.05, 3.63) is 48.0 Å². The molecule has 7 nitrogen and oxygen atoms in total. The van der Waals surface area contributed by atoms with E-state index in [-0.39, 0.29) is 16.2 Å². The van der Waals surface area contributed by atoms with Crippen LogP contribution >= 0.6 is 0 Å². The van der Waals surface area contributed by atoms with Gasteiger partial charge in [0.05, 0.1) is 4.90 Å². The Morgan fingerprint density at radius 1 is 0.962 bits per heavy atom. The molecule has 2 aromatic carbocycles. The van der Waals surface area contributed by atoms with E-state index in [9.17, 15) is 21.4 Å². The molecule has 0 saturated heterocycles. The summed E-state index contributed by atoms with van der Waals surface area (Å²) in [5.74, 6) is 0.106. The summed E-state index contributed by atoms with van der Waals surface area (Å²) in [5, 5.41) is 0. The van der Waals surface area contributed by atoms with Crippen molar-refractivity contribution in [3.8, 4) is 5.75 Å². The molecule has 0 radical (unpaired) electrons. The Hall–Kier alpha value is -2.10. The van der Waals surface area contributed by atoms with Crippen LogP contribution in [-0.2, 0) is 20.2 Å². The van der Waals surface area contributed by atoms with E-state index in [0.717, 1.165) is 24.8 Å². The molecule has 0 fully saturated rings. The minimum Gasteiger partial charge on any atom is -0.379 e. The maximum Gasteiger partial charge on any atom is 0.339 e. The summed E-state index contributed by atoms with van der Waals surface area (Å²) in [6, 6.07) is 9.95. The van der Waals surface area contributed by atoms with Gasteiger partial charge in [0.25, 0.3) is 10.1 Å². The molecule has 0 aliphatic rings. The van der Waals surface area contributed by atoms with Gasteiger partial charge < -0.3 is 9.08 Å². The van der Waals surface area contributed by atoms with Crippen molar-refractivity contribution in [1.82, 2.24) is 0 Å². The molecular weight excluding hydrogens is 378 g/mol. The molecule has 26 heavy (non-hydrogen) atoms. The quantitative estimate of drug-likeness (QED) is 0.564. The highest BCUT2D eigenvalue weighted by molar-refractivity contribution is 7.87. The van der Waals surface area contributed by atoms with Crippen molar-refractivity contribution in [2.24, 2.45) is 0 Å². The van der Waals surface area contributed by atoms with Gasteiger partial charge in [-0.1, -0.05) is 6.07 Å². The van der Waals surface area contributed by atoms with Gasteiger partial charge in [0, 0.05) is 18.8 Å². The lowest BCUT2D eigenvalue weighted by molar-refractivity contribution is 0.481. The van der Waals surface area contributed by atoms with E-state index < -0.39 is 25.1 Å². The predicted octanol–water partition coefficient (Wildman–Crippen LogP) is 2.86. The van der Waals surface area contributed by atoms with E-state index in [2.05, 4.69) is 4.90 Å². The highest BCUT2D eigenvalue weighted by Crippen LogP contribution is 2.25. The fraction of sp³-hybridized carbons (Fsp3) is 0.294. The van der Waals surface area contributed by atoms with Crippen LogP contribution in [0.2, 0.25) is 0 Å². The summed E-state index contributed by atoms with van der Waals surface area (Å²) in [6.45, 7) is 7.12. The Bertz CT molecular complexity index is 978. The maximum absolute atomic E-state index is 12.4. The lowest BCUT2D eigenvalue weighted by Gasteiger charge is -2.21. The average Bonchev–Trinajstić information content (AvgIpc) is 2.56. The molecule has 0 aliphatic carbocycles. The monoisotopic (exact) mass is 399 g/mol. The number of aryl methyl sites for hydroxylation is 1. The van der Waals surface area contributed by atoms with Crippen molar-refractivity contribution >= 4 is 25.9 Å². The zero-order valence-corrected chi connectivity index (χ0v) is 16.3. The van der Waals surface area contributed by atoms with Crippen molar-refractivity contribution in [3.63, 3.8) is 0 Å². The Morgan fingerprint density at radius 3 is 2.04 bits per heavy atom. The van der Waals surface area contributed by atoms with Gasteiger partial charge in [-0.3, -0.25) is 4.55 Å². The number of hydrogen-bond acceptors (Lipinski definition) is 6. The highest BCUT2D eigenvalue weighted by Gasteiger charge is 2.22. The Labute approximate surface area is 154 Å². The van der Waals surface area contributed by atoms with Gasteiger partial charge in [0.2, 0.25) is 0 Å². The Balaban J connectivity index is 2.32. The second-order valence-corrected chi connectivity index (χ2v) is 8.54. The molecular formula is C17H21NO6S2. The topological polar surface area (TPSA) is 101 Å². The Kier molecular flexibility index (Phi) is 5.94. The van der Waals surface area contributed by atoms with Crippen molar-refractivity contribution in [2.45, 2.75) is 30.6 Å². The third kappa shape index (κ3) is 4.54. The zero-order valence-electron chi connectivity index (χ0n) is 14.7. The third-order valence-electron chi connectivity index (χ3n) is 3.90. The Morgan fingerprint density at radius 2 is 1.54 bits per heavy atom. The average molecular weight is 399 g/mol. The molecule has 0 bridgehead atoms. The van der Waals surface area contributed by atoms with E-state index in [1.807, 2.05) is 13.8 Å². The predicted molar refractivity (Wildman–Crippen MR) is 98.8 cm³/mol. The first kappa shape index (κ1) is 20.2. The lowest BCUT2D eigenvalue weighted by Crippen LogP contribution is -2.21. The third-order valence-corrected chi connectivity index (χ3v) is 6.14. The number of rotatable bonds is 7. The summed E-state index contributed by atoms with van der Waals surface area (Å²) in [6.07, 6.45) is 0. The zero-order chi connectivity index (χ0) is 19.5. The number of anilines is 1. The number of benzene rings is 2. The maximum atomic E-state index is 12.4. The molecule has 2 aromatic rings. The molecule has 0 unspecified atom stereocenters. The summed E-state index contributed by atoms with van der Waals surface area (Å²) < 4.78 is 61.8. The molecule has 142 valence electrons. The first-order chi connectivity index (χ1) is 12.1. The second-order valence-electron chi connectivity index (χ2n) is 5.61. The van der Waals surface area contributed by atoms with Crippen LogP contribution in [0.15, 0.2) is 52.3 Å². The van der Waals surface area contributed by atoms with Crippen LogP contribution < -0.4 is 9.08 Å². The van der Waals surface area contributed by atoms with Crippen LogP contribution in [0, 0.1) is 6.92 Å². The van der Waals surface area contributed by atoms with Gasteiger partial charge in [-0.2, -0.15) is 16.8 Å². The van der Waals surface area contributed by atoms with Gasteiger partial charge in [0.1, 0.15) is 10.6 Å². The van der Waals surface area contributed by atoms with Crippen LogP contribution in [0.3, 0.4) is 0 Å². The second kappa shape index (κ2) is 7.65. The van der Waals surface area contributed by atoms with Gasteiger partial charge >= 0.3 is 10.1 Å². The molecule has 1 N–H and O–H groups in total. The normalized spacial score (nSPS) is 12.0. The van der Waals surface area contributed by atoms with Crippen LogP contribution in [-0.4, -0.2) is 34.5 Å². The molecule has 2 rings (SSSR count). The van der Waals surface area contributed by atoms with Crippen LogP contribution in [0.25, 0.3) is 0 Å². The summed E-state index contributed by atoms with van der Waals surface area (Å²) in [7, 11) is -8.78. The van der Waals surface area contributed by atoms with Crippen LogP contribution in [0.1, 0.15) is 19.4 Å². The number of nitrogens with zero attached hydrogens (tertiary/aromatic N) is 1. The first-order valence-electron chi connectivity index (χ1n) is 7.96. The molecule has 0 spiro atoms. The highest BCUT2D eigenvalue weighted by atomic mass is 32.2. The molecule has 0 amide bonds. The minimum absolute atomic E-state index is 0.106. The molecule has 0 saturated carbocycles. The fourth-order valence-electron chi connectivity index (χ4n) is 2.49. The largest absolute Gasteiger partial charge is 0.379 e. The molecule has 9 heteroatoms. The van der Waals surface area contributed by atoms with Gasteiger partial charge in [-0.15, -0.1) is 0 Å². The summed E-state index contributed by atoms with van der Waals surface area (Å²) in [5.41, 5.74) is 1.17. The van der Waals surface area contributed by atoms with Gasteiger partial charge in [-0.25, -0.2) is 0 Å². The van der Waals surface area contributed by atoms with Crippen molar-refractivity contribution in [2.75, 3.05) is 18.0 Å². The van der Waals surface area contributed by atoms with E-state index in [4.69, 9.17) is 4.18 Å². The first-order valence-corrected chi connectivity index (χ1v) is 10.8. The van der Waals surface area contributed by atoms with E-state index in [0.29, 0.717) is 0 Å². The fourth-order valence-corrected chi connectivity index (χ4v) is 4.27. The van der Waals surface area contributed by atoms with Gasteiger partial charge in [0.15, 0.2) is 0 Å². The van der Waals surface area contributed by atoms with Gasteiger partial charge in [-0.05, 0) is 62.7 Å². The summed E-state index contributed by atoms with van der Waals surface area (Å²) >= 11 is 0. The lowest BCUT2D eigenvalue weighted by atomic mass is 10.2. The SMILES string of the molecule is CCN(CC)c1ccc(OS(=O)(=O)c2ccc(C)c(S(=O)(=O)O)c2)cc1. The number of hydrogen-bond donors (Lipinski definition) is 1. The molecule has 0 aromatic heterocycles. The molecule has 0 aliphatic heterocycles. The molecule has 0 atom stereocenters. The van der Waals surface area contributed by atoms with Crippen molar-refractivity contribution in [1.29, 1.82) is 0 Å². The standard InChI is InChI=1S/C17H21NO6S2/c1-4-18(5-2)14-7-9-15(10-8-14)24-26(22,23)16-11-6-13(3)17(12-16)25(19,20)21/h6-12H,4-5H2,1-3H3,(H,19,20,21). The smallest absolute Gasteiger partial charge is 0.339 e. The van der Waals surface area contributed by atoms with Crippen LogP contribution in [0.5, 0.6) is 5.75 Å². The van der Waals surface area contributed by atoms with E-state index >= 15 is 0 Å². The van der Waals surface area contributed by atoms with E-state index in [1.54, 1.807) is 12.1 Å². The van der Waals surface area contributed by atoms with Crippen molar-refractivity contribution < 1.29 is 25.6 Å². The van der Waals surface area contributed by atoms with E-state index in [1.165, 1.54) is 31.2 Å².